The molecule has 18 heavy (non-hydrogen) atoms. The highest BCUT2D eigenvalue weighted by molar-refractivity contribution is 5.79. The average molecular weight is 256 g/mol. The van der Waals surface area contributed by atoms with E-state index in [1.54, 1.807) is 37.6 Å². The number of aliphatic hydroxyl groups is 1. The number of amides is 2. The molecule has 0 atom stereocenters. The molecule has 0 saturated carbocycles. The molecule has 0 aromatic rings. The van der Waals surface area contributed by atoms with E-state index in [0.717, 1.165) is 0 Å². The molecule has 1 rings (SSSR count). The van der Waals surface area contributed by atoms with Crippen molar-refractivity contribution in [1.29, 1.82) is 0 Å². The van der Waals surface area contributed by atoms with Crippen LogP contribution < -0.4 is 0 Å². The van der Waals surface area contributed by atoms with Crippen LogP contribution in [0, 0.1) is 5.92 Å². The molecule has 1 heterocycles. The lowest BCUT2D eigenvalue weighted by molar-refractivity contribution is -0.141. The number of hydrogen-bond acceptors (Lipinski definition) is 3. The minimum absolute atomic E-state index is 0.0204. The lowest BCUT2D eigenvalue weighted by Crippen LogP contribution is -2.46. The van der Waals surface area contributed by atoms with Crippen molar-refractivity contribution in [3.63, 3.8) is 0 Å². The van der Waals surface area contributed by atoms with E-state index in [-0.39, 0.29) is 17.7 Å². The molecule has 1 aliphatic rings. The van der Waals surface area contributed by atoms with Gasteiger partial charge in [-0.1, -0.05) is 0 Å². The quantitative estimate of drug-likeness (QED) is 0.798. The van der Waals surface area contributed by atoms with E-state index >= 15 is 0 Å². The Kier molecular flexibility index (Phi) is 4.73. The van der Waals surface area contributed by atoms with Gasteiger partial charge in [0.05, 0.1) is 5.60 Å². The van der Waals surface area contributed by atoms with Crippen LogP contribution in [0.3, 0.4) is 0 Å². The van der Waals surface area contributed by atoms with Crippen molar-refractivity contribution < 1.29 is 14.7 Å². The van der Waals surface area contributed by atoms with Gasteiger partial charge in [-0.25, -0.2) is 0 Å². The predicted octanol–water partition coefficient (Wildman–Crippen LogP) is 0.474. The summed E-state index contributed by atoms with van der Waals surface area (Å²) in [5, 5.41) is 9.70. The summed E-state index contributed by atoms with van der Waals surface area (Å²) in [5.41, 5.74) is -0.871. The molecule has 0 aromatic heterocycles. The number of hydrogen-bond donors (Lipinski definition) is 1. The van der Waals surface area contributed by atoms with Gasteiger partial charge in [-0.3, -0.25) is 9.59 Å². The number of likely N-dealkylation sites (N-methyl/N-ethyl adjacent to an activating group) is 1. The summed E-state index contributed by atoms with van der Waals surface area (Å²) in [4.78, 5) is 26.7. The van der Waals surface area contributed by atoms with E-state index in [2.05, 4.69) is 0 Å². The lowest BCUT2D eigenvalue weighted by atomic mass is 9.95. The largest absolute Gasteiger partial charge is 0.389 e. The van der Waals surface area contributed by atoms with Gasteiger partial charge in [-0.15, -0.1) is 0 Å². The van der Waals surface area contributed by atoms with E-state index < -0.39 is 5.60 Å². The first-order chi connectivity index (χ1) is 8.20. The van der Waals surface area contributed by atoms with Crippen molar-refractivity contribution in [3.8, 4) is 0 Å². The van der Waals surface area contributed by atoms with E-state index in [4.69, 9.17) is 0 Å². The molecular formula is C13H24N2O3. The van der Waals surface area contributed by atoms with Crippen LogP contribution in [0.4, 0.5) is 0 Å². The Morgan fingerprint density at radius 1 is 1.33 bits per heavy atom. The van der Waals surface area contributed by atoms with Gasteiger partial charge in [0.15, 0.2) is 0 Å². The highest BCUT2D eigenvalue weighted by Crippen LogP contribution is 2.20. The lowest BCUT2D eigenvalue weighted by Gasteiger charge is -2.34. The van der Waals surface area contributed by atoms with E-state index in [1.165, 1.54) is 0 Å². The summed E-state index contributed by atoms with van der Waals surface area (Å²) >= 11 is 0. The highest BCUT2D eigenvalue weighted by atomic mass is 16.3. The molecule has 1 aliphatic heterocycles. The van der Waals surface area contributed by atoms with Crippen molar-refractivity contribution in [1.82, 2.24) is 9.80 Å². The van der Waals surface area contributed by atoms with Gasteiger partial charge >= 0.3 is 0 Å². The van der Waals surface area contributed by atoms with Crippen LogP contribution in [-0.4, -0.2) is 59.0 Å². The first-order valence-electron chi connectivity index (χ1n) is 6.43. The zero-order chi connectivity index (χ0) is 13.9. The van der Waals surface area contributed by atoms with Crippen molar-refractivity contribution >= 4 is 11.8 Å². The Bertz CT molecular complexity index is 315. The number of carbonyl (C=O) groups excluding carboxylic acids is 2. The van der Waals surface area contributed by atoms with Crippen LogP contribution in [0.2, 0.25) is 0 Å². The van der Waals surface area contributed by atoms with E-state index in [1.807, 2.05) is 0 Å². The summed E-state index contributed by atoms with van der Waals surface area (Å²) in [7, 11) is 1.72. The summed E-state index contributed by atoms with van der Waals surface area (Å²) in [6.07, 6.45) is 1.43. The molecule has 1 fully saturated rings. The Morgan fingerprint density at radius 3 is 2.22 bits per heavy atom. The molecule has 0 radical (unpaired) electrons. The SMILES string of the molecule is CC(=O)N1CCC(C(=O)N(C)CC(C)(C)O)CC1. The second-order valence-corrected chi connectivity index (χ2v) is 5.79. The first kappa shape index (κ1) is 15.0. The molecule has 104 valence electrons. The molecule has 0 spiro atoms. The third kappa shape index (κ3) is 4.29. The monoisotopic (exact) mass is 256 g/mol. The fourth-order valence-electron chi connectivity index (χ4n) is 2.41. The number of piperidine rings is 1. The third-order valence-corrected chi connectivity index (χ3v) is 3.29. The van der Waals surface area contributed by atoms with Crippen molar-refractivity contribution in [2.24, 2.45) is 5.92 Å². The van der Waals surface area contributed by atoms with Crippen LogP contribution >= 0.6 is 0 Å². The van der Waals surface area contributed by atoms with Gasteiger partial charge in [0.2, 0.25) is 11.8 Å². The molecular weight excluding hydrogens is 232 g/mol. The molecule has 2 amide bonds. The molecule has 1 saturated heterocycles. The Labute approximate surface area is 109 Å². The zero-order valence-corrected chi connectivity index (χ0v) is 11.8. The Balaban J connectivity index is 2.47. The predicted molar refractivity (Wildman–Crippen MR) is 68.9 cm³/mol. The number of rotatable bonds is 3. The molecule has 0 aliphatic carbocycles. The normalized spacial score (nSPS) is 17.7. The maximum atomic E-state index is 12.2. The fourth-order valence-corrected chi connectivity index (χ4v) is 2.41. The van der Waals surface area contributed by atoms with Crippen LogP contribution in [0.5, 0.6) is 0 Å². The Hall–Kier alpha value is -1.10. The summed E-state index contributed by atoms with van der Waals surface area (Å²) in [5.74, 6) is 0.124. The van der Waals surface area contributed by atoms with Crippen molar-refractivity contribution in [3.05, 3.63) is 0 Å². The third-order valence-electron chi connectivity index (χ3n) is 3.29. The highest BCUT2D eigenvalue weighted by Gasteiger charge is 2.29. The smallest absolute Gasteiger partial charge is 0.225 e. The summed E-state index contributed by atoms with van der Waals surface area (Å²) in [6, 6.07) is 0. The van der Waals surface area contributed by atoms with Crippen LogP contribution in [0.15, 0.2) is 0 Å². The van der Waals surface area contributed by atoms with Gasteiger partial charge in [-0.05, 0) is 26.7 Å². The molecule has 0 bridgehead atoms. The summed E-state index contributed by atoms with van der Waals surface area (Å²) < 4.78 is 0. The minimum Gasteiger partial charge on any atom is -0.389 e. The topological polar surface area (TPSA) is 60.9 Å². The Morgan fingerprint density at radius 2 is 1.83 bits per heavy atom. The maximum absolute atomic E-state index is 12.2. The van der Waals surface area contributed by atoms with Crippen molar-refractivity contribution in [2.75, 3.05) is 26.7 Å². The zero-order valence-electron chi connectivity index (χ0n) is 11.8. The molecule has 5 heteroatoms. The maximum Gasteiger partial charge on any atom is 0.225 e. The van der Waals surface area contributed by atoms with Crippen LogP contribution in [-0.2, 0) is 9.59 Å². The van der Waals surface area contributed by atoms with Crippen molar-refractivity contribution in [2.45, 2.75) is 39.2 Å². The van der Waals surface area contributed by atoms with Gasteiger partial charge in [-0.2, -0.15) is 0 Å². The van der Waals surface area contributed by atoms with Gasteiger partial charge in [0, 0.05) is 39.5 Å². The number of nitrogens with zero attached hydrogens (tertiary/aromatic N) is 2. The fraction of sp³-hybridized carbons (Fsp3) is 0.846. The molecule has 5 nitrogen and oxygen atoms in total. The second kappa shape index (κ2) is 5.69. The van der Waals surface area contributed by atoms with E-state index in [9.17, 15) is 14.7 Å². The van der Waals surface area contributed by atoms with Gasteiger partial charge in [0.25, 0.3) is 0 Å². The molecule has 1 N–H and O–H groups in total. The van der Waals surface area contributed by atoms with Crippen LogP contribution in [0.1, 0.15) is 33.6 Å². The number of carbonyl (C=O) groups is 2. The molecule has 0 aromatic carbocycles. The summed E-state index contributed by atoms with van der Waals surface area (Å²) in [6.45, 7) is 6.58. The van der Waals surface area contributed by atoms with E-state index in [0.29, 0.717) is 32.5 Å². The molecule has 0 unspecified atom stereocenters. The average Bonchev–Trinajstić information content (AvgIpc) is 2.26. The first-order valence-corrected chi connectivity index (χ1v) is 6.43. The minimum atomic E-state index is -0.871. The van der Waals surface area contributed by atoms with Gasteiger partial charge < -0.3 is 14.9 Å². The van der Waals surface area contributed by atoms with Crippen LogP contribution in [0.25, 0.3) is 0 Å². The number of likely N-dealkylation sites (tertiary alicyclic amines) is 1. The standard InChI is InChI=1S/C13H24N2O3/c1-10(16)15-7-5-11(6-8-15)12(17)14(4)9-13(2,3)18/h11,18H,5-9H2,1-4H3. The van der Waals surface area contributed by atoms with Gasteiger partial charge in [0.1, 0.15) is 0 Å². The second-order valence-electron chi connectivity index (χ2n) is 5.79.